The SMILES string of the molecule is C[C@@H](CCCN1C(=O)c2ccccc2C1=O)N[C@H]1CCOc2c(Cl)cccc21. The highest BCUT2D eigenvalue weighted by Crippen LogP contribution is 2.37. The van der Waals surface area contributed by atoms with E-state index in [-0.39, 0.29) is 23.9 Å². The minimum absolute atomic E-state index is 0.186. The van der Waals surface area contributed by atoms with Gasteiger partial charge in [0, 0.05) is 30.6 Å². The fraction of sp³-hybridized carbons (Fsp3) is 0.364. The summed E-state index contributed by atoms with van der Waals surface area (Å²) in [6.07, 6.45) is 2.50. The van der Waals surface area contributed by atoms with Crippen molar-refractivity contribution in [2.24, 2.45) is 0 Å². The molecule has 0 aromatic heterocycles. The van der Waals surface area contributed by atoms with Gasteiger partial charge in [-0.25, -0.2) is 0 Å². The van der Waals surface area contributed by atoms with E-state index in [1.807, 2.05) is 18.2 Å². The van der Waals surface area contributed by atoms with E-state index >= 15 is 0 Å². The number of carbonyl (C=O) groups excluding carboxylic acids is 2. The van der Waals surface area contributed by atoms with Crippen LogP contribution in [0.4, 0.5) is 0 Å². The summed E-state index contributed by atoms with van der Waals surface area (Å²) in [6, 6.07) is 13.3. The van der Waals surface area contributed by atoms with Crippen molar-refractivity contribution in [2.45, 2.75) is 38.3 Å². The highest BCUT2D eigenvalue weighted by atomic mass is 35.5. The van der Waals surface area contributed by atoms with Gasteiger partial charge in [0.25, 0.3) is 11.8 Å². The molecule has 0 aliphatic carbocycles. The van der Waals surface area contributed by atoms with Gasteiger partial charge in [-0.1, -0.05) is 35.9 Å². The van der Waals surface area contributed by atoms with Crippen LogP contribution in [0.15, 0.2) is 42.5 Å². The number of hydrogen-bond donors (Lipinski definition) is 1. The van der Waals surface area contributed by atoms with E-state index in [2.05, 4.69) is 12.2 Å². The molecule has 4 rings (SSSR count). The summed E-state index contributed by atoms with van der Waals surface area (Å²) >= 11 is 6.24. The normalized spacial score (nSPS) is 19.2. The van der Waals surface area contributed by atoms with Gasteiger partial charge < -0.3 is 10.1 Å². The molecule has 2 atom stereocenters. The summed E-state index contributed by atoms with van der Waals surface area (Å²) < 4.78 is 5.72. The summed E-state index contributed by atoms with van der Waals surface area (Å²) in [4.78, 5) is 26.2. The average molecular weight is 399 g/mol. The third-order valence-corrected chi connectivity index (χ3v) is 5.71. The first-order valence-electron chi connectivity index (χ1n) is 9.68. The van der Waals surface area contributed by atoms with E-state index < -0.39 is 0 Å². The van der Waals surface area contributed by atoms with Gasteiger partial charge in [-0.05, 0) is 38.0 Å². The van der Waals surface area contributed by atoms with Gasteiger partial charge in [0.15, 0.2) is 0 Å². The van der Waals surface area contributed by atoms with Gasteiger partial charge in [-0.3, -0.25) is 14.5 Å². The summed E-state index contributed by atoms with van der Waals surface area (Å²) in [7, 11) is 0. The average Bonchev–Trinajstić information content (AvgIpc) is 2.94. The van der Waals surface area contributed by atoms with E-state index in [1.54, 1.807) is 24.3 Å². The van der Waals surface area contributed by atoms with Gasteiger partial charge in [0.1, 0.15) is 5.75 Å². The van der Waals surface area contributed by atoms with Gasteiger partial charge in [-0.2, -0.15) is 0 Å². The first-order chi connectivity index (χ1) is 13.6. The van der Waals surface area contributed by atoms with Crippen molar-refractivity contribution in [1.82, 2.24) is 10.2 Å². The molecule has 1 N–H and O–H groups in total. The Morgan fingerprint density at radius 2 is 1.86 bits per heavy atom. The van der Waals surface area contributed by atoms with E-state index in [4.69, 9.17) is 16.3 Å². The van der Waals surface area contributed by atoms with Crippen LogP contribution in [0.5, 0.6) is 5.75 Å². The number of fused-ring (bicyclic) bond motifs is 2. The monoisotopic (exact) mass is 398 g/mol. The summed E-state index contributed by atoms with van der Waals surface area (Å²) in [5.74, 6) is 0.398. The predicted octanol–water partition coefficient (Wildman–Crippen LogP) is 4.22. The third-order valence-electron chi connectivity index (χ3n) is 5.41. The molecule has 2 aromatic carbocycles. The van der Waals surface area contributed by atoms with Crippen LogP contribution < -0.4 is 10.1 Å². The molecule has 0 radical (unpaired) electrons. The van der Waals surface area contributed by atoms with Crippen LogP contribution in [0.2, 0.25) is 5.02 Å². The second-order valence-electron chi connectivity index (χ2n) is 7.37. The van der Waals surface area contributed by atoms with Gasteiger partial charge >= 0.3 is 0 Å². The quantitative estimate of drug-likeness (QED) is 0.740. The van der Waals surface area contributed by atoms with Gasteiger partial charge in [0.05, 0.1) is 22.8 Å². The molecule has 0 saturated heterocycles. The number of halogens is 1. The first kappa shape index (κ1) is 19.0. The Morgan fingerprint density at radius 3 is 2.57 bits per heavy atom. The van der Waals surface area contributed by atoms with Crippen LogP contribution in [-0.2, 0) is 0 Å². The lowest BCUT2D eigenvalue weighted by atomic mass is 9.99. The van der Waals surface area contributed by atoms with E-state index in [0.29, 0.717) is 29.3 Å². The van der Waals surface area contributed by atoms with Gasteiger partial charge in [-0.15, -0.1) is 0 Å². The highest BCUT2D eigenvalue weighted by Gasteiger charge is 2.34. The van der Waals surface area contributed by atoms with Crippen molar-refractivity contribution in [3.63, 3.8) is 0 Å². The maximum absolute atomic E-state index is 12.4. The van der Waals surface area contributed by atoms with Crippen molar-refractivity contribution in [3.8, 4) is 5.75 Å². The van der Waals surface area contributed by atoms with Crippen LogP contribution in [0, 0.1) is 0 Å². The summed E-state index contributed by atoms with van der Waals surface area (Å²) in [5, 5.41) is 4.28. The molecular formula is C22H23ClN2O3. The second-order valence-corrected chi connectivity index (χ2v) is 7.77. The minimum Gasteiger partial charge on any atom is -0.492 e. The maximum atomic E-state index is 12.4. The summed E-state index contributed by atoms with van der Waals surface area (Å²) in [5.41, 5.74) is 2.11. The van der Waals surface area contributed by atoms with E-state index in [1.165, 1.54) is 4.90 Å². The number of ether oxygens (including phenoxy) is 1. The zero-order valence-corrected chi connectivity index (χ0v) is 16.5. The van der Waals surface area contributed by atoms with Crippen molar-refractivity contribution >= 4 is 23.4 Å². The number of rotatable bonds is 6. The number of hydrogen-bond acceptors (Lipinski definition) is 4. The minimum atomic E-state index is -0.186. The predicted molar refractivity (Wildman–Crippen MR) is 108 cm³/mol. The van der Waals surface area contributed by atoms with E-state index in [0.717, 1.165) is 30.6 Å². The highest BCUT2D eigenvalue weighted by molar-refractivity contribution is 6.32. The molecule has 2 aliphatic heterocycles. The second kappa shape index (κ2) is 7.94. The zero-order valence-electron chi connectivity index (χ0n) is 15.8. The standard InChI is InChI=1S/C22H23ClN2O3/c1-14(24-19-11-13-28-20-17(19)9-4-10-18(20)23)6-5-12-25-21(26)15-7-2-3-8-16(15)22(25)27/h2-4,7-10,14,19,24H,5-6,11-13H2,1H3/t14-,19-/m0/s1. The molecule has 0 saturated carbocycles. The summed E-state index contributed by atoms with van der Waals surface area (Å²) in [6.45, 7) is 3.20. The molecule has 0 bridgehead atoms. The van der Waals surface area contributed by atoms with Crippen LogP contribution in [0.3, 0.4) is 0 Å². The number of para-hydroxylation sites is 1. The molecular weight excluding hydrogens is 376 g/mol. The number of benzene rings is 2. The maximum Gasteiger partial charge on any atom is 0.261 e. The fourth-order valence-electron chi connectivity index (χ4n) is 3.98. The number of nitrogens with zero attached hydrogens (tertiary/aromatic N) is 1. The molecule has 2 aromatic rings. The first-order valence-corrected chi connectivity index (χ1v) is 10.1. The number of carbonyl (C=O) groups is 2. The Labute approximate surface area is 169 Å². The van der Waals surface area contributed by atoms with Gasteiger partial charge in [0.2, 0.25) is 0 Å². The largest absolute Gasteiger partial charge is 0.492 e. The zero-order chi connectivity index (χ0) is 19.7. The molecule has 0 spiro atoms. The lowest BCUT2D eigenvalue weighted by molar-refractivity contribution is 0.0650. The molecule has 0 unspecified atom stereocenters. The molecule has 2 aliphatic rings. The molecule has 6 heteroatoms. The third kappa shape index (κ3) is 3.52. The Balaban J connectivity index is 1.32. The Morgan fingerprint density at radius 1 is 1.14 bits per heavy atom. The van der Waals surface area contributed by atoms with Crippen molar-refractivity contribution in [3.05, 3.63) is 64.2 Å². The molecule has 0 fully saturated rings. The fourth-order valence-corrected chi connectivity index (χ4v) is 4.22. The van der Waals surface area contributed by atoms with Crippen LogP contribution in [-0.4, -0.2) is 35.9 Å². The van der Waals surface area contributed by atoms with Crippen molar-refractivity contribution < 1.29 is 14.3 Å². The van der Waals surface area contributed by atoms with Crippen LogP contribution in [0.1, 0.15) is 58.5 Å². The lowest BCUT2D eigenvalue weighted by Gasteiger charge is -2.30. The van der Waals surface area contributed by atoms with Crippen LogP contribution >= 0.6 is 11.6 Å². The Hall–Kier alpha value is -2.37. The molecule has 146 valence electrons. The van der Waals surface area contributed by atoms with Crippen molar-refractivity contribution in [2.75, 3.05) is 13.2 Å². The topological polar surface area (TPSA) is 58.6 Å². The molecule has 2 heterocycles. The molecule has 28 heavy (non-hydrogen) atoms. The lowest BCUT2D eigenvalue weighted by Crippen LogP contribution is -2.35. The van der Waals surface area contributed by atoms with Crippen molar-refractivity contribution in [1.29, 1.82) is 0 Å². The molecule has 2 amide bonds. The number of amides is 2. The smallest absolute Gasteiger partial charge is 0.261 e. The number of nitrogens with one attached hydrogen (secondary N) is 1. The molecule has 5 nitrogen and oxygen atoms in total. The Kier molecular flexibility index (Phi) is 5.38. The Bertz CT molecular complexity index is 879. The van der Waals surface area contributed by atoms with E-state index in [9.17, 15) is 9.59 Å². The number of imide groups is 1. The van der Waals surface area contributed by atoms with Crippen LogP contribution in [0.25, 0.3) is 0 Å².